The van der Waals surface area contributed by atoms with E-state index in [1.54, 1.807) is 0 Å². The summed E-state index contributed by atoms with van der Waals surface area (Å²) in [6, 6.07) is 0. The van der Waals surface area contributed by atoms with Gasteiger partial charge in [-0.3, -0.25) is 4.90 Å². The first kappa shape index (κ1) is 19.0. The van der Waals surface area contributed by atoms with Crippen LogP contribution in [0.2, 0.25) is 0 Å². The molecule has 0 amide bonds. The van der Waals surface area contributed by atoms with E-state index in [1.165, 1.54) is 25.7 Å². The molecular weight excluding hydrogens is 250 g/mol. The number of hydrogen-bond donors (Lipinski definition) is 0. The van der Waals surface area contributed by atoms with Crippen molar-refractivity contribution in [2.24, 2.45) is 0 Å². The van der Waals surface area contributed by atoms with Crippen molar-refractivity contribution in [2.45, 2.75) is 52.4 Å². The second-order valence-corrected chi connectivity index (χ2v) is 5.07. The van der Waals surface area contributed by atoms with Gasteiger partial charge in [-0.25, -0.2) is 0 Å². The smallest absolute Gasteiger partial charge is 0.0999 e. The van der Waals surface area contributed by atoms with Gasteiger partial charge in [-0.2, -0.15) is 0 Å². The van der Waals surface area contributed by atoms with Crippen LogP contribution in [0.4, 0.5) is 0 Å². The van der Waals surface area contributed by atoms with Crippen molar-refractivity contribution in [1.82, 2.24) is 4.90 Å². The van der Waals surface area contributed by atoms with Gasteiger partial charge in [0.25, 0.3) is 0 Å². The zero-order chi connectivity index (χ0) is 14.9. The Morgan fingerprint density at radius 2 is 1.25 bits per heavy atom. The molecule has 0 saturated heterocycles. The van der Waals surface area contributed by atoms with E-state index >= 15 is 0 Å². The summed E-state index contributed by atoms with van der Waals surface area (Å²) < 4.78 is 10.9. The molecule has 0 unspecified atom stereocenters. The molecule has 3 heteroatoms. The standard InChI is InChI=1S/C17H33NO2/c1-4-6-8-10-14-19-16-12-18(3)13-17-20-15-11-9-7-5-2/h10-11,14-15H,4-9,12-13,16-17H2,1-3H3. The minimum Gasteiger partial charge on any atom is -0.500 e. The lowest BCUT2D eigenvalue weighted by Crippen LogP contribution is -2.26. The summed E-state index contributed by atoms with van der Waals surface area (Å²) in [5, 5.41) is 0. The van der Waals surface area contributed by atoms with Gasteiger partial charge in [0.2, 0.25) is 0 Å². The van der Waals surface area contributed by atoms with Gasteiger partial charge in [-0.15, -0.1) is 0 Å². The quantitative estimate of drug-likeness (QED) is 0.349. The minimum atomic E-state index is 0.742. The molecule has 3 nitrogen and oxygen atoms in total. The summed E-state index contributed by atoms with van der Waals surface area (Å²) in [5.74, 6) is 0. The third-order valence-electron chi connectivity index (χ3n) is 3.02. The third kappa shape index (κ3) is 15.1. The lowest BCUT2D eigenvalue weighted by molar-refractivity contribution is 0.161. The van der Waals surface area contributed by atoms with Crippen LogP contribution in [-0.4, -0.2) is 38.3 Å². The fourth-order valence-electron chi connectivity index (χ4n) is 1.58. The molecule has 0 aliphatic carbocycles. The summed E-state index contributed by atoms with van der Waals surface area (Å²) >= 11 is 0. The predicted molar refractivity (Wildman–Crippen MR) is 86.7 cm³/mol. The Hall–Kier alpha value is -0.960. The first-order chi connectivity index (χ1) is 9.81. The number of hydrogen-bond acceptors (Lipinski definition) is 3. The molecule has 118 valence electrons. The molecular formula is C17H33NO2. The van der Waals surface area contributed by atoms with Crippen molar-refractivity contribution in [3.05, 3.63) is 24.7 Å². The van der Waals surface area contributed by atoms with Crippen molar-refractivity contribution >= 4 is 0 Å². The van der Waals surface area contributed by atoms with Gasteiger partial charge in [0.05, 0.1) is 25.7 Å². The lowest BCUT2D eigenvalue weighted by Gasteiger charge is -2.15. The molecule has 0 atom stereocenters. The van der Waals surface area contributed by atoms with Crippen LogP contribution in [0.1, 0.15) is 52.4 Å². The van der Waals surface area contributed by atoms with E-state index in [2.05, 4.69) is 37.9 Å². The topological polar surface area (TPSA) is 21.7 Å². The van der Waals surface area contributed by atoms with Crippen molar-refractivity contribution < 1.29 is 9.47 Å². The number of likely N-dealkylation sites (N-methyl/N-ethyl adjacent to an activating group) is 1. The Morgan fingerprint density at radius 1 is 0.800 bits per heavy atom. The zero-order valence-corrected chi connectivity index (χ0v) is 13.6. The molecule has 0 bridgehead atoms. The highest BCUT2D eigenvalue weighted by Crippen LogP contribution is 1.96. The van der Waals surface area contributed by atoms with Gasteiger partial charge >= 0.3 is 0 Å². The van der Waals surface area contributed by atoms with Crippen LogP contribution >= 0.6 is 0 Å². The number of allylic oxidation sites excluding steroid dienone is 2. The highest BCUT2D eigenvalue weighted by Gasteiger charge is 1.96. The summed E-state index contributed by atoms with van der Waals surface area (Å²) in [6.07, 6.45) is 15.1. The van der Waals surface area contributed by atoms with Gasteiger partial charge in [0.15, 0.2) is 0 Å². The molecule has 20 heavy (non-hydrogen) atoms. The maximum Gasteiger partial charge on any atom is 0.0999 e. The normalized spacial score (nSPS) is 11.8. The van der Waals surface area contributed by atoms with Gasteiger partial charge in [-0.1, -0.05) is 26.7 Å². The highest BCUT2D eigenvalue weighted by molar-refractivity contribution is 4.73. The average molecular weight is 283 g/mol. The fraction of sp³-hybridized carbons (Fsp3) is 0.765. The molecule has 0 aromatic carbocycles. The van der Waals surface area contributed by atoms with E-state index in [0.717, 1.165) is 39.1 Å². The lowest BCUT2D eigenvalue weighted by atomic mass is 10.2. The van der Waals surface area contributed by atoms with Crippen LogP contribution < -0.4 is 0 Å². The Kier molecular flexibility index (Phi) is 15.3. The maximum atomic E-state index is 5.45. The van der Waals surface area contributed by atoms with E-state index in [-0.39, 0.29) is 0 Å². The summed E-state index contributed by atoms with van der Waals surface area (Å²) in [5.41, 5.74) is 0. The molecule has 0 aromatic heterocycles. The van der Waals surface area contributed by atoms with Crippen molar-refractivity contribution in [3.63, 3.8) is 0 Å². The molecule has 0 saturated carbocycles. The minimum absolute atomic E-state index is 0.742. The second kappa shape index (κ2) is 16.1. The maximum absolute atomic E-state index is 5.45. The van der Waals surface area contributed by atoms with Crippen LogP contribution in [0.5, 0.6) is 0 Å². The van der Waals surface area contributed by atoms with Crippen molar-refractivity contribution in [1.29, 1.82) is 0 Å². The Bertz CT molecular complexity index is 215. The second-order valence-electron chi connectivity index (χ2n) is 5.07. The molecule has 0 radical (unpaired) electrons. The Balaban J connectivity index is 3.30. The molecule has 0 rings (SSSR count). The number of unbranched alkanes of at least 4 members (excludes halogenated alkanes) is 4. The van der Waals surface area contributed by atoms with E-state index in [1.807, 2.05) is 12.5 Å². The van der Waals surface area contributed by atoms with Gasteiger partial charge in [0.1, 0.15) is 0 Å². The molecule has 0 heterocycles. The fourth-order valence-corrected chi connectivity index (χ4v) is 1.58. The monoisotopic (exact) mass is 283 g/mol. The molecule has 0 aliphatic rings. The van der Waals surface area contributed by atoms with Crippen LogP contribution in [0, 0.1) is 0 Å². The molecule has 0 fully saturated rings. The van der Waals surface area contributed by atoms with Crippen LogP contribution in [0.3, 0.4) is 0 Å². The van der Waals surface area contributed by atoms with Gasteiger partial charge in [0, 0.05) is 13.1 Å². The highest BCUT2D eigenvalue weighted by atomic mass is 16.5. The SMILES string of the molecule is CCCCC=COCCN(C)CCOC=CCCCC. The first-order valence-corrected chi connectivity index (χ1v) is 8.03. The van der Waals surface area contributed by atoms with Gasteiger partial charge in [-0.05, 0) is 44.9 Å². The predicted octanol–water partition coefficient (Wildman–Crippen LogP) is 4.36. The van der Waals surface area contributed by atoms with Crippen molar-refractivity contribution in [3.8, 4) is 0 Å². The third-order valence-corrected chi connectivity index (χ3v) is 3.02. The van der Waals surface area contributed by atoms with Crippen molar-refractivity contribution in [2.75, 3.05) is 33.4 Å². The van der Waals surface area contributed by atoms with Gasteiger partial charge < -0.3 is 9.47 Å². The number of rotatable bonds is 14. The molecule has 0 aliphatic heterocycles. The summed E-state index contributed by atoms with van der Waals surface area (Å²) in [7, 11) is 2.09. The average Bonchev–Trinajstić information content (AvgIpc) is 2.45. The summed E-state index contributed by atoms with van der Waals surface area (Å²) in [4.78, 5) is 2.22. The number of nitrogens with zero attached hydrogens (tertiary/aromatic N) is 1. The Morgan fingerprint density at radius 3 is 1.65 bits per heavy atom. The van der Waals surface area contributed by atoms with E-state index in [9.17, 15) is 0 Å². The van der Waals surface area contributed by atoms with Crippen LogP contribution in [0.15, 0.2) is 24.7 Å². The zero-order valence-electron chi connectivity index (χ0n) is 13.6. The van der Waals surface area contributed by atoms with E-state index < -0.39 is 0 Å². The summed E-state index contributed by atoms with van der Waals surface area (Å²) in [6.45, 7) is 7.74. The van der Waals surface area contributed by atoms with Crippen LogP contribution in [-0.2, 0) is 9.47 Å². The molecule has 0 N–H and O–H groups in total. The molecule has 0 spiro atoms. The number of ether oxygens (including phenoxy) is 2. The Labute approximate surface area is 125 Å². The van der Waals surface area contributed by atoms with E-state index in [0.29, 0.717) is 0 Å². The first-order valence-electron chi connectivity index (χ1n) is 8.03. The molecule has 0 aromatic rings. The van der Waals surface area contributed by atoms with Crippen LogP contribution in [0.25, 0.3) is 0 Å². The largest absolute Gasteiger partial charge is 0.500 e. The van der Waals surface area contributed by atoms with E-state index in [4.69, 9.17) is 9.47 Å².